The lowest BCUT2D eigenvalue weighted by Gasteiger charge is -2.29. The number of ketones is 1. The van der Waals surface area contributed by atoms with Crippen molar-refractivity contribution in [1.29, 1.82) is 0 Å². The predicted molar refractivity (Wildman–Crippen MR) is 95.5 cm³/mol. The van der Waals surface area contributed by atoms with Gasteiger partial charge in [-0.15, -0.1) is 0 Å². The van der Waals surface area contributed by atoms with Crippen molar-refractivity contribution in [3.63, 3.8) is 0 Å². The molecule has 0 saturated carbocycles. The molecule has 1 aliphatic rings. The van der Waals surface area contributed by atoms with Gasteiger partial charge in [0.15, 0.2) is 0 Å². The van der Waals surface area contributed by atoms with Gasteiger partial charge in [0.2, 0.25) is 11.7 Å². The van der Waals surface area contributed by atoms with Gasteiger partial charge in [0.25, 0.3) is 0 Å². The number of nitrogens with one attached hydrogen (secondary N) is 1. The molecule has 144 valence electrons. The SMILES string of the molecule is O=C(c1ccc(O)cc1)c1ccc2n1CCC2C(=O)NC(CO)(CO)CO. The van der Waals surface area contributed by atoms with Crippen molar-refractivity contribution in [2.45, 2.75) is 24.4 Å². The molecule has 0 aliphatic carbocycles. The normalized spacial score (nSPS) is 16.2. The third-order valence-corrected chi connectivity index (χ3v) is 4.99. The molecule has 1 amide bonds. The summed E-state index contributed by atoms with van der Waals surface area (Å²) in [5, 5.41) is 40.0. The summed E-state index contributed by atoms with van der Waals surface area (Å²) in [6, 6.07) is 9.32. The Kier molecular flexibility index (Phi) is 5.31. The molecular formula is C19H22N2O6. The van der Waals surface area contributed by atoms with Crippen LogP contribution in [-0.2, 0) is 11.3 Å². The number of rotatable bonds is 7. The van der Waals surface area contributed by atoms with Gasteiger partial charge in [-0.25, -0.2) is 0 Å². The molecule has 5 N–H and O–H groups in total. The number of benzene rings is 1. The molecule has 0 spiro atoms. The van der Waals surface area contributed by atoms with Gasteiger partial charge in [-0.2, -0.15) is 0 Å². The Bertz CT molecular complexity index is 830. The van der Waals surface area contributed by atoms with E-state index in [1.807, 2.05) is 0 Å². The van der Waals surface area contributed by atoms with Crippen LogP contribution in [-0.4, -0.2) is 62.0 Å². The first-order valence-electron chi connectivity index (χ1n) is 8.62. The van der Waals surface area contributed by atoms with E-state index < -0.39 is 37.2 Å². The molecular weight excluding hydrogens is 352 g/mol. The van der Waals surface area contributed by atoms with Crippen molar-refractivity contribution in [2.24, 2.45) is 0 Å². The Labute approximate surface area is 155 Å². The van der Waals surface area contributed by atoms with Gasteiger partial charge >= 0.3 is 0 Å². The number of carbonyl (C=O) groups is 2. The Balaban J connectivity index is 1.82. The molecule has 1 aliphatic heterocycles. The lowest BCUT2D eigenvalue weighted by Crippen LogP contribution is -2.57. The van der Waals surface area contributed by atoms with E-state index in [4.69, 9.17) is 0 Å². The van der Waals surface area contributed by atoms with Crippen LogP contribution in [0.3, 0.4) is 0 Å². The van der Waals surface area contributed by atoms with Crippen LogP contribution in [0.1, 0.15) is 34.1 Å². The number of fused-ring (bicyclic) bond motifs is 1. The number of phenols is 1. The first-order chi connectivity index (χ1) is 12.9. The Morgan fingerprint density at radius 2 is 1.67 bits per heavy atom. The number of hydrogen-bond acceptors (Lipinski definition) is 6. The average molecular weight is 374 g/mol. The van der Waals surface area contributed by atoms with E-state index >= 15 is 0 Å². The number of aliphatic hydroxyl groups excluding tert-OH is 3. The summed E-state index contributed by atoms with van der Waals surface area (Å²) in [5.74, 6) is -1.11. The lowest BCUT2D eigenvalue weighted by atomic mass is 9.98. The van der Waals surface area contributed by atoms with Crippen LogP contribution >= 0.6 is 0 Å². The number of aromatic nitrogens is 1. The molecule has 1 atom stereocenters. The van der Waals surface area contributed by atoms with E-state index in [9.17, 15) is 30.0 Å². The topological polar surface area (TPSA) is 132 Å². The molecule has 0 bridgehead atoms. The number of amides is 1. The molecule has 8 nitrogen and oxygen atoms in total. The van der Waals surface area contributed by atoms with Crippen molar-refractivity contribution in [2.75, 3.05) is 19.8 Å². The van der Waals surface area contributed by atoms with E-state index in [1.54, 1.807) is 16.7 Å². The number of hydrogen-bond donors (Lipinski definition) is 5. The molecule has 1 aromatic carbocycles. The number of carbonyl (C=O) groups excluding carboxylic acids is 2. The maximum Gasteiger partial charge on any atom is 0.229 e. The van der Waals surface area contributed by atoms with Crippen LogP contribution in [0.5, 0.6) is 5.75 Å². The first-order valence-corrected chi connectivity index (χ1v) is 8.62. The largest absolute Gasteiger partial charge is 0.508 e. The zero-order valence-electron chi connectivity index (χ0n) is 14.6. The highest BCUT2D eigenvalue weighted by Gasteiger charge is 2.37. The Morgan fingerprint density at radius 3 is 2.26 bits per heavy atom. The highest BCUT2D eigenvalue weighted by atomic mass is 16.3. The van der Waals surface area contributed by atoms with E-state index in [2.05, 4.69) is 5.32 Å². The fourth-order valence-electron chi connectivity index (χ4n) is 3.28. The van der Waals surface area contributed by atoms with E-state index in [1.165, 1.54) is 24.3 Å². The van der Waals surface area contributed by atoms with Gasteiger partial charge in [-0.05, 0) is 42.8 Å². The van der Waals surface area contributed by atoms with Crippen LogP contribution < -0.4 is 5.32 Å². The quantitative estimate of drug-likeness (QED) is 0.425. The third-order valence-electron chi connectivity index (χ3n) is 4.99. The van der Waals surface area contributed by atoms with Gasteiger partial charge in [0, 0.05) is 17.8 Å². The standard InChI is InChI=1S/C19H22N2O6/c22-9-19(10-23,11-24)20-18(27)14-7-8-21-15(14)5-6-16(21)17(26)12-1-3-13(25)4-2-12/h1-6,14,22-25H,7-11H2,(H,20,27). The highest BCUT2D eigenvalue weighted by Crippen LogP contribution is 2.32. The fourth-order valence-corrected chi connectivity index (χ4v) is 3.28. The number of phenolic OH excluding ortho intramolecular Hbond substituents is 1. The molecule has 8 heteroatoms. The maximum atomic E-state index is 12.7. The van der Waals surface area contributed by atoms with Gasteiger partial charge in [-0.1, -0.05) is 0 Å². The zero-order chi connectivity index (χ0) is 19.6. The number of aromatic hydroxyl groups is 1. The van der Waals surface area contributed by atoms with Crippen molar-refractivity contribution in [3.05, 3.63) is 53.3 Å². The molecule has 2 aromatic rings. The maximum absolute atomic E-state index is 12.7. The summed E-state index contributed by atoms with van der Waals surface area (Å²) in [4.78, 5) is 25.3. The third kappa shape index (κ3) is 3.46. The van der Waals surface area contributed by atoms with Crippen LogP contribution in [0, 0.1) is 0 Å². The monoisotopic (exact) mass is 374 g/mol. The van der Waals surface area contributed by atoms with Gasteiger partial charge in [0.1, 0.15) is 11.3 Å². The second kappa shape index (κ2) is 7.51. The number of aliphatic hydroxyl groups is 3. The van der Waals surface area contributed by atoms with E-state index in [-0.39, 0.29) is 11.5 Å². The van der Waals surface area contributed by atoms with Crippen molar-refractivity contribution >= 4 is 11.7 Å². The Hall–Kier alpha value is -2.68. The second-order valence-corrected chi connectivity index (χ2v) is 6.76. The van der Waals surface area contributed by atoms with Crippen LogP contribution in [0.15, 0.2) is 36.4 Å². The first kappa shape index (κ1) is 19.1. The lowest BCUT2D eigenvalue weighted by molar-refractivity contribution is -0.126. The summed E-state index contributed by atoms with van der Waals surface area (Å²) < 4.78 is 1.78. The van der Waals surface area contributed by atoms with Gasteiger partial charge in [-0.3, -0.25) is 9.59 Å². The second-order valence-electron chi connectivity index (χ2n) is 6.76. The van der Waals surface area contributed by atoms with Crippen molar-refractivity contribution in [1.82, 2.24) is 9.88 Å². The van der Waals surface area contributed by atoms with Crippen molar-refractivity contribution < 1.29 is 30.0 Å². The summed E-state index contributed by atoms with van der Waals surface area (Å²) in [7, 11) is 0. The molecule has 1 unspecified atom stereocenters. The molecule has 0 radical (unpaired) electrons. The van der Waals surface area contributed by atoms with Crippen LogP contribution in [0.2, 0.25) is 0 Å². The minimum absolute atomic E-state index is 0.0730. The summed E-state index contributed by atoms with van der Waals surface area (Å²) in [6.07, 6.45) is 0.468. The molecule has 3 rings (SSSR count). The smallest absolute Gasteiger partial charge is 0.229 e. The molecule has 0 saturated heterocycles. The minimum Gasteiger partial charge on any atom is -0.508 e. The van der Waals surface area contributed by atoms with Crippen LogP contribution in [0.4, 0.5) is 0 Å². The fraction of sp³-hybridized carbons (Fsp3) is 0.368. The van der Waals surface area contributed by atoms with Crippen LogP contribution in [0.25, 0.3) is 0 Å². The minimum atomic E-state index is -1.48. The molecule has 0 fully saturated rings. The molecule has 2 heterocycles. The summed E-state index contributed by atoms with van der Waals surface area (Å²) in [6.45, 7) is -1.30. The van der Waals surface area contributed by atoms with Crippen molar-refractivity contribution in [3.8, 4) is 5.75 Å². The van der Waals surface area contributed by atoms with E-state index in [0.717, 1.165) is 0 Å². The van der Waals surface area contributed by atoms with Gasteiger partial charge in [0.05, 0.1) is 31.4 Å². The molecule has 27 heavy (non-hydrogen) atoms. The predicted octanol–water partition coefficient (Wildman–Crippen LogP) is -0.256. The summed E-state index contributed by atoms with van der Waals surface area (Å²) >= 11 is 0. The number of nitrogens with zero attached hydrogens (tertiary/aromatic N) is 1. The molecule has 1 aromatic heterocycles. The highest BCUT2D eigenvalue weighted by molar-refractivity contribution is 6.08. The van der Waals surface area contributed by atoms with Gasteiger partial charge < -0.3 is 30.3 Å². The zero-order valence-corrected chi connectivity index (χ0v) is 14.6. The van der Waals surface area contributed by atoms with E-state index in [0.29, 0.717) is 29.9 Å². The average Bonchev–Trinajstić information content (AvgIpc) is 3.28. The Morgan fingerprint density at radius 1 is 1.04 bits per heavy atom. The summed E-state index contributed by atoms with van der Waals surface area (Å²) in [5.41, 5.74) is 0.0597.